The van der Waals surface area contributed by atoms with Gasteiger partial charge in [0.05, 0.1) is 0 Å². The Balaban J connectivity index is 1.79. The van der Waals surface area contributed by atoms with E-state index in [1.807, 2.05) is 12.1 Å². The van der Waals surface area contributed by atoms with Crippen LogP contribution in [0.5, 0.6) is 5.75 Å². The van der Waals surface area contributed by atoms with Crippen molar-refractivity contribution < 1.29 is 5.11 Å². The third-order valence-electron chi connectivity index (χ3n) is 4.33. The van der Waals surface area contributed by atoms with Crippen molar-refractivity contribution in [2.24, 2.45) is 0 Å². The number of aryl methyl sites for hydroxylation is 1. The zero-order valence-electron chi connectivity index (χ0n) is 12.1. The molecule has 0 radical (unpaired) electrons. The van der Waals surface area contributed by atoms with Crippen LogP contribution in [0.3, 0.4) is 0 Å². The van der Waals surface area contributed by atoms with Crippen molar-refractivity contribution in [3.8, 4) is 5.75 Å². The summed E-state index contributed by atoms with van der Waals surface area (Å²) in [6.07, 6.45) is 4.84. The van der Waals surface area contributed by atoms with E-state index in [0.29, 0.717) is 17.8 Å². The van der Waals surface area contributed by atoms with Crippen LogP contribution in [0.4, 0.5) is 0 Å². The number of benzene rings is 1. The second kappa shape index (κ2) is 6.92. The first-order valence-corrected chi connectivity index (χ1v) is 7.37. The predicted octanol–water partition coefficient (Wildman–Crippen LogP) is 2.40. The number of hydrogen-bond donors (Lipinski definition) is 2. The Morgan fingerprint density at radius 2 is 2.11 bits per heavy atom. The number of phenolic OH excluding ortho intramolecular Hbond substituents is 1. The smallest absolute Gasteiger partial charge is 0.115 e. The van der Waals surface area contributed by atoms with Crippen molar-refractivity contribution in [1.82, 2.24) is 10.2 Å². The van der Waals surface area contributed by atoms with E-state index in [-0.39, 0.29) is 0 Å². The number of hydrogen-bond acceptors (Lipinski definition) is 3. The van der Waals surface area contributed by atoms with Gasteiger partial charge in [0.2, 0.25) is 0 Å². The maximum absolute atomic E-state index is 9.28. The third kappa shape index (κ3) is 4.22. The fourth-order valence-corrected chi connectivity index (χ4v) is 2.78. The van der Waals surface area contributed by atoms with Gasteiger partial charge in [-0.15, -0.1) is 0 Å². The van der Waals surface area contributed by atoms with Crippen LogP contribution in [0.2, 0.25) is 0 Å². The van der Waals surface area contributed by atoms with Gasteiger partial charge in [0, 0.05) is 18.6 Å². The number of nitrogens with one attached hydrogen (secondary N) is 1. The van der Waals surface area contributed by atoms with Gasteiger partial charge in [-0.2, -0.15) is 0 Å². The highest BCUT2D eigenvalue weighted by molar-refractivity contribution is 5.25. The summed E-state index contributed by atoms with van der Waals surface area (Å²) in [5, 5.41) is 12.8. The molecule has 3 nitrogen and oxygen atoms in total. The maximum atomic E-state index is 9.28. The van der Waals surface area contributed by atoms with Crippen molar-refractivity contribution in [2.45, 2.75) is 44.7 Å². The average molecular weight is 262 g/mol. The van der Waals surface area contributed by atoms with Crippen molar-refractivity contribution in [2.75, 3.05) is 20.1 Å². The van der Waals surface area contributed by atoms with Crippen LogP contribution in [-0.2, 0) is 6.42 Å². The van der Waals surface area contributed by atoms with Gasteiger partial charge in [-0.1, -0.05) is 12.1 Å². The molecule has 1 saturated heterocycles. The first kappa shape index (κ1) is 14.4. The van der Waals surface area contributed by atoms with Crippen LogP contribution < -0.4 is 5.32 Å². The molecule has 0 saturated carbocycles. The summed E-state index contributed by atoms with van der Waals surface area (Å²) in [6, 6.07) is 8.86. The number of rotatable bonds is 5. The molecule has 0 bridgehead atoms. The molecule has 19 heavy (non-hydrogen) atoms. The van der Waals surface area contributed by atoms with E-state index in [1.165, 1.54) is 24.9 Å². The quantitative estimate of drug-likeness (QED) is 0.855. The van der Waals surface area contributed by atoms with Crippen molar-refractivity contribution in [3.05, 3.63) is 29.8 Å². The normalized spacial score (nSPS) is 21.5. The van der Waals surface area contributed by atoms with Gasteiger partial charge < -0.3 is 10.4 Å². The molecule has 2 N–H and O–H groups in total. The summed E-state index contributed by atoms with van der Waals surface area (Å²) < 4.78 is 0. The van der Waals surface area contributed by atoms with Gasteiger partial charge in [0.15, 0.2) is 0 Å². The summed E-state index contributed by atoms with van der Waals surface area (Å²) >= 11 is 0. The lowest BCUT2D eigenvalue weighted by Crippen LogP contribution is -2.47. The Labute approximate surface area is 116 Å². The number of phenols is 1. The molecule has 1 aliphatic heterocycles. The molecule has 1 aliphatic rings. The van der Waals surface area contributed by atoms with Gasteiger partial charge in [-0.25, -0.2) is 0 Å². The topological polar surface area (TPSA) is 35.5 Å². The van der Waals surface area contributed by atoms with Crippen molar-refractivity contribution in [3.63, 3.8) is 0 Å². The minimum absolute atomic E-state index is 0.349. The molecule has 1 aromatic rings. The van der Waals surface area contributed by atoms with E-state index in [4.69, 9.17) is 0 Å². The fraction of sp³-hybridized carbons (Fsp3) is 0.625. The zero-order valence-corrected chi connectivity index (χ0v) is 12.1. The molecule has 2 unspecified atom stereocenters. The Hall–Kier alpha value is -1.06. The second-order valence-electron chi connectivity index (χ2n) is 5.72. The first-order chi connectivity index (χ1) is 9.16. The second-order valence-corrected chi connectivity index (χ2v) is 5.72. The van der Waals surface area contributed by atoms with E-state index in [9.17, 15) is 5.11 Å². The first-order valence-electron chi connectivity index (χ1n) is 7.37. The lowest BCUT2D eigenvalue weighted by Gasteiger charge is -2.36. The molecule has 1 aromatic carbocycles. The van der Waals surface area contributed by atoms with Crippen LogP contribution in [0.25, 0.3) is 0 Å². The highest BCUT2D eigenvalue weighted by atomic mass is 16.3. The van der Waals surface area contributed by atoms with Gasteiger partial charge in [0.1, 0.15) is 5.75 Å². The van der Waals surface area contributed by atoms with E-state index in [1.54, 1.807) is 12.1 Å². The van der Waals surface area contributed by atoms with Crippen LogP contribution in [0.15, 0.2) is 24.3 Å². The third-order valence-corrected chi connectivity index (χ3v) is 4.33. The Morgan fingerprint density at radius 1 is 1.37 bits per heavy atom. The summed E-state index contributed by atoms with van der Waals surface area (Å²) in [4.78, 5) is 2.52. The highest BCUT2D eigenvalue weighted by Gasteiger charge is 2.21. The molecule has 2 atom stereocenters. The van der Waals surface area contributed by atoms with Crippen LogP contribution in [0, 0.1) is 0 Å². The molecular weight excluding hydrogens is 236 g/mol. The molecule has 0 amide bonds. The largest absolute Gasteiger partial charge is 0.508 e. The van der Waals surface area contributed by atoms with Crippen LogP contribution in [0.1, 0.15) is 31.7 Å². The standard InChI is InChI=1S/C16H26N2O/c1-13(18(2)15-4-3-11-17-12-15)5-6-14-7-9-16(19)10-8-14/h7-10,13,15,17,19H,3-6,11-12H2,1-2H3. The molecule has 106 valence electrons. The summed E-state index contributed by atoms with van der Waals surface area (Å²) in [5.41, 5.74) is 1.31. The van der Waals surface area contributed by atoms with Crippen molar-refractivity contribution >= 4 is 0 Å². The van der Waals surface area contributed by atoms with Crippen LogP contribution >= 0.6 is 0 Å². The molecular formula is C16H26N2O. The lowest BCUT2D eigenvalue weighted by molar-refractivity contribution is 0.149. The molecule has 1 heterocycles. The number of likely N-dealkylation sites (N-methyl/N-ethyl adjacent to an activating group) is 1. The number of aromatic hydroxyl groups is 1. The molecule has 3 heteroatoms. The van der Waals surface area contributed by atoms with Crippen molar-refractivity contribution in [1.29, 1.82) is 0 Å². The summed E-state index contributed by atoms with van der Waals surface area (Å²) in [6.45, 7) is 4.61. The zero-order chi connectivity index (χ0) is 13.7. The monoisotopic (exact) mass is 262 g/mol. The maximum Gasteiger partial charge on any atom is 0.115 e. The Bertz CT molecular complexity index is 371. The average Bonchev–Trinajstić information content (AvgIpc) is 2.46. The van der Waals surface area contributed by atoms with Gasteiger partial charge >= 0.3 is 0 Å². The molecule has 0 aromatic heterocycles. The van der Waals surface area contributed by atoms with E-state index in [0.717, 1.165) is 19.4 Å². The fourth-order valence-electron chi connectivity index (χ4n) is 2.78. The molecule has 1 fully saturated rings. The molecule has 2 rings (SSSR count). The molecule has 0 aliphatic carbocycles. The van der Waals surface area contributed by atoms with Gasteiger partial charge in [0.25, 0.3) is 0 Å². The van der Waals surface area contributed by atoms with Gasteiger partial charge in [-0.05, 0) is 63.9 Å². The van der Waals surface area contributed by atoms with E-state index >= 15 is 0 Å². The predicted molar refractivity (Wildman–Crippen MR) is 79.5 cm³/mol. The van der Waals surface area contributed by atoms with Crippen LogP contribution in [-0.4, -0.2) is 42.2 Å². The number of piperidine rings is 1. The summed E-state index contributed by atoms with van der Waals surface area (Å²) in [7, 11) is 2.25. The SMILES string of the molecule is CC(CCc1ccc(O)cc1)N(C)C1CCCNC1. The number of nitrogens with zero attached hydrogens (tertiary/aromatic N) is 1. The lowest BCUT2D eigenvalue weighted by atomic mass is 10.0. The highest BCUT2D eigenvalue weighted by Crippen LogP contribution is 2.16. The minimum Gasteiger partial charge on any atom is -0.508 e. The summed E-state index contributed by atoms with van der Waals surface area (Å²) in [5.74, 6) is 0.349. The molecule has 0 spiro atoms. The Kier molecular flexibility index (Phi) is 5.23. The Morgan fingerprint density at radius 3 is 2.74 bits per heavy atom. The van der Waals surface area contributed by atoms with Gasteiger partial charge in [-0.3, -0.25) is 4.90 Å². The minimum atomic E-state index is 0.349. The van der Waals surface area contributed by atoms with E-state index < -0.39 is 0 Å². The van der Waals surface area contributed by atoms with E-state index in [2.05, 4.69) is 24.2 Å².